The summed E-state index contributed by atoms with van der Waals surface area (Å²) in [5, 5.41) is 0. The van der Waals surface area contributed by atoms with Gasteiger partial charge in [0.1, 0.15) is 0 Å². The van der Waals surface area contributed by atoms with Gasteiger partial charge in [-0.15, -0.1) is 0 Å². The van der Waals surface area contributed by atoms with Crippen LogP contribution in [-0.2, 0) is 0 Å². The summed E-state index contributed by atoms with van der Waals surface area (Å²) in [6, 6.07) is 0.711. The maximum Gasteiger partial charge on any atom is 0.00898 e. The van der Waals surface area contributed by atoms with Crippen molar-refractivity contribution >= 4 is 0 Å². The van der Waals surface area contributed by atoms with E-state index in [-0.39, 0.29) is 0 Å². The zero-order valence-electron chi connectivity index (χ0n) is 11.2. The third-order valence-corrected chi connectivity index (χ3v) is 3.10. The van der Waals surface area contributed by atoms with E-state index in [9.17, 15) is 0 Å². The van der Waals surface area contributed by atoms with E-state index < -0.39 is 0 Å². The van der Waals surface area contributed by atoms with Crippen LogP contribution in [0.25, 0.3) is 0 Å². The minimum Gasteiger partial charge on any atom is -0.301 e. The molecule has 0 saturated carbocycles. The standard InChI is InChI=1S/C13H29N/c1-8-14(12(4)11(2)3)10-9-13(5,6)7/h11-12H,8-10H2,1-7H3. The number of hydrogen-bond donors (Lipinski definition) is 0. The van der Waals surface area contributed by atoms with E-state index in [4.69, 9.17) is 0 Å². The Morgan fingerprint density at radius 3 is 1.86 bits per heavy atom. The molecule has 0 spiro atoms. The van der Waals surface area contributed by atoms with Gasteiger partial charge in [0.05, 0.1) is 0 Å². The maximum atomic E-state index is 2.59. The molecule has 1 unspecified atom stereocenters. The summed E-state index contributed by atoms with van der Waals surface area (Å²) in [6.45, 7) is 18.6. The van der Waals surface area contributed by atoms with Gasteiger partial charge in [0.25, 0.3) is 0 Å². The average molecular weight is 199 g/mol. The molecule has 0 N–H and O–H groups in total. The van der Waals surface area contributed by atoms with E-state index in [0.29, 0.717) is 11.5 Å². The summed E-state index contributed by atoms with van der Waals surface area (Å²) in [7, 11) is 0. The van der Waals surface area contributed by atoms with Crippen molar-refractivity contribution in [2.75, 3.05) is 13.1 Å². The van der Waals surface area contributed by atoms with Crippen LogP contribution in [0.4, 0.5) is 0 Å². The number of rotatable bonds is 5. The monoisotopic (exact) mass is 199 g/mol. The predicted molar refractivity (Wildman–Crippen MR) is 65.6 cm³/mol. The molecule has 0 saturated heterocycles. The lowest BCUT2D eigenvalue weighted by molar-refractivity contribution is 0.154. The van der Waals surface area contributed by atoms with Gasteiger partial charge in [-0.05, 0) is 37.8 Å². The minimum atomic E-state index is 0.462. The lowest BCUT2D eigenvalue weighted by atomic mass is 9.91. The van der Waals surface area contributed by atoms with Gasteiger partial charge in [0.2, 0.25) is 0 Å². The van der Waals surface area contributed by atoms with E-state index in [0.717, 1.165) is 5.92 Å². The Kier molecular flexibility index (Phi) is 5.73. The molecule has 0 aromatic rings. The molecule has 1 nitrogen and oxygen atoms in total. The molecule has 0 aliphatic carbocycles. The molecule has 0 aromatic carbocycles. The van der Waals surface area contributed by atoms with Crippen molar-refractivity contribution in [3.63, 3.8) is 0 Å². The molecular weight excluding hydrogens is 170 g/mol. The highest BCUT2D eigenvalue weighted by atomic mass is 15.1. The first-order chi connectivity index (χ1) is 6.28. The van der Waals surface area contributed by atoms with Crippen LogP contribution in [0.2, 0.25) is 0 Å². The Bertz CT molecular complexity index is 144. The van der Waals surface area contributed by atoms with Crippen molar-refractivity contribution in [1.82, 2.24) is 4.90 Å². The Morgan fingerprint density at radius 1 is 1.07 bits per heavy atom. The predicted octanol–water partition coefficient (Wildman–Crippen LogP) is 3.79. The van der Waals surface area contributed by atoms with Crippen molar-refractivity contribution in [3.8, 4) is 0 Å². The van der Waals surface area contributed by atoms with E-state index in [1.165, 1.54) is 19.5 Å². The molecule has 0 heterocycles. The van der Waals surface area contributed by atoms with E-state index in [1.807, 2.05) is 0 Å². The normalized spacial score (nSPS) is 15.2. The molecule has 0 bridgehead atoms. The summed E-state index contributed by atoms with van der Waals surface area (Å²) in [5.74, 6) is 0.759. The van der Waals surface area contributed by atoms with Gasteiger partial charge in [-0.25, -0.2) is 0 Å². The van der Waals surface area contributed by atoms with Crippen LogP contribution in [0, 0.1) is 11.3 Å². The second-order valence-electron chi connectivity index (χ2n) is 5.92. The number of nitrogens with zero attached hydrogens (tertiary/aromatic N) is 1. The summed E-state index contributed by atoms with van der Waals surface area (Å²) in [5.41, 5.74) is 0.462. The second kappa shape index (κ2) is 5.75. The first-order valence-corrected chi connectivity index (χ1v) is 6.02. The highest BCUT2D eigenvalue weighted by Gasteiger charge is 2.18. The fourth-order valence-corrected chi connectivity index (χ4v) is 1.55. The van der Waals surface area contributed by atoms with Crippen molar-refractivity contribution < 1.29 is 0 Å². The zero-order valence-corrected chi connectivity index (χ0v) is 11.2. The van der Waals surface area contributed by atoms with Gasteiger partial charge in [-0.2, -0.15) is 0 Å². The zero-order chi connectivity index (χ0) is 11.4. The average Bonchev–Trinajstić information content (AvgIpc) is 2.02. The van der Waals surface area contributed by atoms with Gasteiger partial charge in [-0.1, -0.05) is 41.5 Å². The van der Waals surface area contributed by atoms with Gasteiger partial charge >= 0.3 is 0 Å². The van der Waals surface area contributed by atoms with E-state index >= 15 is 0 Å². The quantitative estimate of drug-likeness (QED) is 0.651. The Hall–Kier alpha value is -0.0400. The maximum absolute atomic E-state index is 2.59. The van der Waals surface area contributed by atoms with E-state index in [1.54, 1.807) is 0 Å². The molecule has 0 radical (unpaired) electrons. The van der Waals surface area contributed by atoms with Crippen LogP contribution in [-0.4, -0.2) is 24.0 Å². The van der Waals surface area contributed by atoms with Gasteiger partial charge in [0, 0.05) is 6.04 Å². The Balaban J connectivity index is 4.03. The van der Waals surface area contributed by atoms with Crippen molar-refractivity contribution in [1.29, 1.82) is 0 Å². The SMILES string of the molecule is CCN(CCC(C)(C)C)C(C)C(C)C. The van der Waals surface area contributed by atoms with Gasteiger partial charge in [0.15, 0.2) is 0 Å². The largest absolute Gasteiger partial charge is 0.301 e. The van der Waals surface area contributed by atoms with Crippen LogP contribution in [0.15, 0.2) is 0 Å². The Labute approximate surface area is 90.9 Å². The molecule has 0 aliphatic rings. The highest BCUT2D eigenvalue weighted by molar-refractivity contribution is 4.72. The molecular formula is C13H29N. The number of hydrogen-bond acceptors (Lipinski definition) is 1. The lowest BCUT2D eigenvalue weighted by Gasteiger charge is -2.33. The third kappa shape index (κ3) is 5.64. The molecule has 0 aromatic heterocycles. The molecule has 0 amide bonds. The van der Waals surface area contributed by atoms with Crippen LogP contribution >= 0.6 is 0 Å². The molecule has 0 aliphatic heterocycles. The second-order valence-corrected chi connectivity index (χ2v) is 5.92. The first kappa shape index (κ1) is 14.0. The smallest absolute Gasteiger partial charge is 0.00898 e. The molecule has 1 atom stereocenters. The van der Waals surface area contributed by atoms with Gasteiger partial charge in [-0.3, -0.25) is 0 Å². The van der Waals surface area contributed by atoms with Crippen molar-refractivity contribution in [3.05, 3.63) is 0 Å². The summed E-state index contributed by atoms with van der Waals surface area (Å²) in [6.07, 6.45) is 1.29. The fourth-order valence-electron chi connectivity index (χ4n) is 1.55. The Morgan fingerprint density at radius 2 is 1.57 bits per heavy atom. The molecule has 0 fully saturated rings. The highest BCUT2D eigenvalue weighted by Crippen LogP contribution is 2.20. The van der Waals surface area contributed by atoms with E-state index in [2.05, 4.69) is 53.4 Å². The third-order valence-electron chi connectivity index (χ3n) is 3.10. The molecule has 1 heteroatoms. The topological polar surface area (TPSA) is 3.24 Å². The summed E-state index contributed by atoms with van der Waals surface area (Å²) >= 11 is 0. The van der Waals surface area contributed by atoms with Crippen LogP contribution in [0.1, 0.15) is 54.9 Å². The minimum absolute atomic E-state index is 0.462. The summed E-state index contributed by atoms with van der Waals surface area (Å²) < 4.78 is 0. The lowest BCUT2D eigenvalue weighted by Crippen LogP contribution is -2.38. The summed E-state index contributed by atoms with van der Waals surface area (Å²) in [4.78, 5) is 2.59. The molecule has 0 rings (SSSR count). The van der Waals surface area contributed by atoms with Crippen molar-refractivity contribution in [2.24, 2.45) is 11.3 Å². The fraction of sp³-hybridized carbons (Fsp3) is 1.00. The van der Waals surface area contributed by atoms with Crippen LogP contribution in [0.3, 0.4) is 0 Å². The van der Waals surface area contributed by atoms with Crippen molar-refractivity contribution in [2.45, 2.75) is 60.9 Å². The molecule has 14 heavy (non-hydrogen) atoms. The first-order valence-electron chi connectivity index (χ1n) is 6.02. The van der Waals surface area contributed by atoms with Crippen LogP contribution < -0.4 is 0 Å². The molecule has 86 valence electrons. The van der Waals surface area contributed by atoms with Gasteiger partial charge < -0.3 is 4.90 Å². The van der Waals surface area contributed by atoms with Crippen LogP contribution in [0.5, 0.6) is 0 Å².